The van der Waals surface area contributed by atoms with Gasteiger partial charge >= 0.3 is 0 Å². The van der Waals surface area contributed by atoms with Crippen molar-refractivity contribution in [2.75, 3.05) is 23.4 Å². The Morgan fingerprint density at radius 2 is 2.00 bits per heavy atom. The SMILES string of the molecule is CCOc1cc2c(cc1NC(=O)CN1C(=O)[C@H](C)Oc3ccccc31)O[C@H](C)C2. The van der Waals surface area contributed by atoms with Crippen LogP contribution in [0.1, 0.15) is 26.3 Å². The minimum Gasteiger partial charge on any atom is -0.492 e. The standard InChI is InChI=1S/C22H24N2O5/c1-4-27-20-10-15-9-13(2)28-19(15)11-16(20)23-21(25)12-24-17-7-5-6-8-18(17)29-14(3)22(24)26/h5-8,10-11,13-14H,4,9,12H2,1-3H3,(H,23,25)/t13-,14+/m1/s1. The van der Waals surface area contributed by atoms with Crippen molar-refractivity contribution in [1.29, 1.82) is 0 Å². The molecule has 152 valence electrons. The Hall–Kier alpha value is -3.22. The highest BCUT2D eigenvalue weighted by Gasteiger charge is 2.32. The van der Waals surface area contributed by atoms with Gasteiger partial charge in [-0.15, -0.1) is 0 Å². The second-order valence-corrected chi connectivity index (χ2v) is 7.22. The van der Waals surface area contributed by atoms with Gasteiger partial charge < -0.3 is 19.5 Å². The largest absolute Gasteiger partial charge is 0.492 e. The first kappa shape index (κ1) is 19.1. The van der Waals surface area contributed by atoms with Crippen LogP contribution in [0.5, 0.6) is 17.2 Å². The van der Waals surface area contributed by atoms with E-state index in [9.17, 15) is 9.59 Å². The zero-order valence-corrected chi connectivity index (χ0v) is 16.7. The number of fused-ring (bicyclic) bond motifs is 2. The Morgan fingerprint density at radius 1 is 1.21 bits per heavy atom. The van der Waals surface area contributed by atoms with Gasteiger partial charge in [0, 0.05) is 18.1 Å². The van der Waals surface area contributed by atoms with Crippen LogP contribution < -0.4 is 24.4 Å². The molecule has 0 unspecified atom stereocenters. The van der Waals surface area contributed by atoms with Gasteiger partial charge in [0.05, 0.1) is 18.0 Å². The number of hydrogen-bond donors (Lipinski definition) is 1. The molecule has 0 saturated carbocycles. The van der Waals surface area contributed by atoms with Crippen LogP contribution in [0.2, 0.25) is 0 Å². The molecule has 29 heavy (non-hydrogen) atoms. The number of carbonyl (C=O) groups is 2. The topological polar surface area (TPSA) is 77.1 Å². The Kier molecular flexibility index (Phi) is 5.05. The molecule has 0 aliphatic carbocycles. The zero-order chi connectivity index (χ0) is 20.5. The number of benzene rings is 2. The predicted molar refractivity (Wildman–Crippen MR) is 109 cm³/mol. The summed E-state index contributed by atoms with van der Waals surface area (Å²) in [5.74, 6) is 1.35. The molecule has 0 bridgehead atoms. The maximum atomic E-state index is 12.8. The number of nitrogens with one attached hydrogen (secondary N) is 1. The Labute approximate surface area is 169 Å². The lowest BCUT2D eigenvalue weighted by Crippen LogP contribution is -2.47. The number of ether oxygens (including phenoxy) is 3. The maximum Gasteiger partial charge on any atom is 0.268 e. The minimum absolute atomic E-state index is 0.0920. The third-order valence-electron chi connectivity index (χ3n) is 4.95. The van der Waals surface area contributed by atoms with E-state index in [4.69, 9.17) is 14.2 Å². The highest BCUT2D eigenvalue weighted by molar-refractivity contribution is 6.06. The Bertz CT molecular complexity index is 958. The fraction of sp³-hybridized carbons (Fsp3) is 0.364. The van der Waals surface area contributed by atoms with Crippen molar-refractivity contribution in [2.45, 2.75) is 39.4 Å². The van der Waals surface area contributed by atoms with E-state index >= 15 is 0 Å². The lowest BCUT2D eigenvalue weighted by atomic mass is 10.1. The van der Waals surface area contributed by atoms with Crippen molar-refractivity contribution in [2.24, 2.45) is 0 Å². The molecule has 0 fully saturated rings. The van der Waals surface area contributed by atoms with Gasteiger partial charge in [-0.2, -0.15) is 0 Å². The molecule has 7 nitrogen and oxygen atoms in total. The molecule has 0 saturated heterocycles. The van der Waals surface area contributed by atoms with Crippen LogP contribution >= 0.6 is 0 Å². The summed E-state index contributed by atoms with van der Waals surface area (Å²) in [7, 11) is 0. The summed E-state index contributed by atoms with van der Waals surface area (Å²) >= 11 is 0. The summed E-state index contributed by atoms with van der Waals surface area (Å²) < 4.78 is 17.1. The molecule has 2 heterocycles. The minimum atomic E-state index is -0.647. The molecule has 1 N–H and O–H groups in total. The molecule has 4 rings (SSSR count). The maximum absolute atomic E-state index is 12.8. The quantitative estimate of drug-likeness (QED) is 0.840. The van der Waals surface area contributed by atoms with Gasteiger partial charge in [0.25, 0.3) is 5.91 Å². The third kappa shape index (κ3) is 3.72. The highest BCUT2D eigenvalue weighted by Crippen LogP contribution is 2.38. The molecule has 0 aromatic heterocycles. The molecule has 0 radical (unpaired) electrons. The van der Waals surface area contributed by atoms with Crippen LogP contribution in [0.25, 0.3) is 0 Å². The van der Waals surface area contributed by atoms with Gasteiger partial charge in [-0.25, -0.2) is 0 Å². The lowest BCUT2D eigenvalue weighted by molar-refractivity contribution is -0.127. The van der Waals surface area contributed by atoms with Crippen LogP contribution in [-0.4, -0.2) is 37.2 Å². The van der Waals surface area contributed by atoms with Gasteiger partial charge in [-0.05, 0) is 39.0 Å². The predicted octanol–water partition coefficient (Wildman–Crippen LogP) is 3.16. The fourth-order valence-electron chi connectivity index (χ4n) is 3.67. The molecule has 2 aliphatic rings. The molecule has 2 aliphatic heterocycles. The first-order valence-corrected chi connectivity index (χ1v) is 9.79. The first-order chi connectivity index (χ1) is 14.0. The highest BCUT2D eigenvalue weighted by atomic mass is 16.5. The van der Waals surface area contributed by atoms with Gasteiger partial charge in [0.1, 0.15) is 29.9 Å². The smallest absolute Gasteiger partial charge is 0.268 e. The zero-order valence-electron chi connectivity index (χ0n) is 16.7. The third-order valence-corrected chi connectivity index (χ3v) is 4.95. The summed E-state index contributed by atoms with van der Waals surface area (Å²) in [6.45, 7) is 5.92. The molecule has 2 amide bonds. The molecule has 7 heteroatoms. The van der Waals surface area contributed by atoms with Crippen molar-refractivity contribution < 1.29 is 23.8 Å². The van der Waals surface area contributed by atoms with Crippen molar-refractivity contribution in [1.82, 2.24) is 0 Å². The van der Waals surface area contributed by atoms with Crippen LogP contribution in [0.3, 0.4) is 0 Å². The molecular weight excluding hydrogens is 372 g/mol. The Balaban J connectivity index is 1.56. The number of nitrogens with zero attached hydrogens (tertiary/aromatic N) is 1. The van der Waals surface area contributed by atoms with E-state index in [1.165, 1.54) is 4.90 Å². The van der Waals surface area contributed by atoms with Crippen LogP contribution in [0.4, 0.5) is 11.4 Å². The van der Waals surface area contributed by atoms with E-state index in [1.54, 1.807) is 25.1 Å². The van der Waals surface area contributed by atoms with Crippen LogP contribution in [-0.2, 0) is 16.0 Å². The van der Waals surface area contributed by atoms with E-state index in [1.807, 2.05) is 32.0 Å². The van der Waals surface area contributed by atoms with E-state index in [2.05, 4.69) is 5.32 Å². The lowest BCUT2D eigenvalue weighted by Gasteiger charge is -2.32. The summed E-state index contributed by atoms with van der Waals surface area (Å²) in [6, 6.07) is 10.9. The summed E-state index contributed by atoms with van der Waals surface area (Å²) in [6.07, 6.45) is 0.251. The number of hydrogen-bond acceptors (Lipinski definition) is 5. The van der Waals surface area contributed by atoms with Crippen molar-refractivity contribution in [3.8, 4) is 17.2 Å². The average Bonchev–Trinajstić information content (AvgIpc) is 3.04. The fourth-order valence-corrected chi connectivity index (χ4v) is 3.67. The number of rotatable bonds is 5. The summed E-state index contributed by atoms with van der Waals surface area (Å²) in [5, 5.41) is 2.87. The van der Waals surface area contributed by atoms with Crippen LogP contribution in [0, 0.1) is 0 Å². The monoisotopic (exact) mass is 396 g/mol. The van der Waals surface area contributed by atoms with Crippen molar-refractivity contribution in [3.63, 3.8) is 0 Å². The summed E-state index contributed by atoms with van der Waals surface area (Å²) in [4.78, 5) is 26.9. The molecule has 2 atom stereocenters. The number of para-hydroxylation sites is 2. The van der Waals surface area contributed by atoms with Crippen molar-refractivity contribution in [3.05, 3.63) is 42.0 Å². The molecule has 2 aromatic rings. The van der Waals surface area contributed by atoms with E-state index in [0.717, 1.165) is 17.7 Å². The molecule has 2 aromatic carbocycles. The van der Waals surface area contributed by atoms with Crippen molar-refractivity contribution >= 4 is 23.2 Å². The second kappa shape index (κ2) is 7.66. The first-order valence-electron chi connectivity index (χ1n) is 9.79. The normalized spacial score (nSPS) is 19.7. The van der Waals surface area contributed by atoms with Gasteiger partial charge in [-0.3, -0.25) is 14.5 Å². The van der Waals surface area contributed by atoms with Gasteiger partial charge in [0.15, 0.2) is 6.10 Å². The molecular formula is C22H24N2O5. The van der Waals surface area contributed by atoms with Gasteiger partial charge in [0.2, 0.25) is 5.91 Å². The second-order valence-electron chi connectivity index (χ2n) is 7.22. The number of carbonyl (C=O) groups excluding carboxylic acids is 2. The van der Waals surface area contributed by atoms with Gasteiger partial charge in [-0.1, -0.05) is 12.1 Å². The molecule has 0 spiro atoms. The average molecular weight is 396 g/mol. The Morgan fingerprint density at radius 3 is 2.79 bits per heavy atom. The van der Waals surface area contributed by atoms with E-state index in [0.29, 0.717) is 29.5 Å². The van der Waals surface area contributed by atoms with E-state index in [-0.39, 0.29) is 24.5 Å². The number of anilines is 2. The van der Waals surface area contributed by atoms with E-state index < -0.39 is 6.10 Å². The number of amides is 2. The van der Waals surface area contributed by atoms with Crippen LogP contribution in [0.15, 0.2) is 36.4 Å². The summed E-state index contributed by atoms with van der Waals surface area (Å²) in [5.41, 5.74) is 2.18.